The third kappa shape index (κ3) is 2.93. The molecule has 0 aliphatic carbocycles. The van der Waals surface area contributed by atoms with E-state index in [1.165, 1.54) is 6.92 Å². The summed E-state index contributed by atoms with van der Waals surface area (Å²) in [5.41, 5.74) is 0.824. The second kappa shape index (κ2) is 4.88. The minimum atomic E-state index is -2.25. The molecule has 0 aliphatic heterocycles. The lowest BCUT2D eigenvalue weighted by molar-refractivity contribution is -0.124. The highest BCUT2D eigenvalue weighted by Gasteiger charge is 2.14. The number of benzene rings is 1. The maximum Gasteiger partial charge on any atom is 0.264 e. The van der Waals surface area contributed by atoms with Crippen molar-refractivity contribution in [1.29, 1.82) is 0 Å². The van der Waals surface area contributed by atoms with E-state index in [4.69, 9.17) is 4.55 Å². The fourth-order valence-electron chi connectivity index (χ4n) is 1.03. The van der Waals surface area contributed by atoms with Crippen molar-refractivity contribution < 1.29 is 13.6 Å². The van der Waals surface area contributed by atoms with Crippen molar-refractivity contribution in [3.63, 3.8) is 0 Å². The van der Waals surface area contributed by atoms with Gasteiger partial charge < -0.3 is 0 Å². The highest BCUT2D eigenvalue weighted by molar-refractivity contribution is 7.77. The summed E-state index contributed by atoms with van der Waals surface area (Å²) in [7, 11) is 0. The van der Waals surface area contributed by atoms with Crippen molar-refractivity contribution in [3.05, 3.63) is 35.9 Å². The average Bonchev–Trinajstić information content (AvgIpc) is 2.15. The summed E-state index contributed by atoms with van der Waals surface area (Å²) in [4.78, 5) is 11.0. The zero-order valence-electron chi connectivity index (χ0n) is 7.71. The van der Waals surface area contributed by atoms with Crippen molar-refractivity contribution in [2.45, 2.75) is 13.5 Å². The zero-order valence-corrected chi connectivity index (χ0v) is 8.53. The van der Waals surface area contributed by atoms with Crippen LogP contribution in [-0.2, 0) is 22.6 Å². The van der Waals surface area contributed by atoms with E-state index >= 15 is 0 Å². The standard InChI is InChI=1S/C9H11NO3S/c1-8(11)10(14(12)13)7-9-5-3-2-4-6-9/h2-6H,7H2,1H3,(H,12,13). The Kier molecular flexibility index (Phi) is 3.79. The smallest absolute Gasteiger partial charge is 0.264 e. The summed E-state index contributed by atoms with van der Waals surface area (Å²) >= 11 is -2.25. The lowest BCUT2D eigenvalue weighted by Crippen LogP contribution is -2.29. The van der Waals surface area contributed by atoms with Crippen LogP contribution in [0.1, 0.15) is 12.5 Å². The van der Waals surface area contributed by atoms with Crippen LogP contribution in [0.2, 0.25) is 0 Å². The van der Waals surface area contributed by atoms with Crippen LogP contribution < -0.4 is 0 Å². The van der Waals surface area contributed by atoms with Crippen LogP contribution >= 0.6 is 0 Å². The molecular weight excluding hydrogens is 202 g/mol. The molecule has 14 heavy (non-hydrogen) atoms. The second-order valence-electron chi connectivity index (χ2n) is 2.77. The fourth-order valence-corrected chi connectivity index (χ4v) is 1.51. The average molecular weight is 213 g/mol. The Morgan fingerprint density at radius 1 is 1.43 bits per heavy atom. The molecule has 0 heterocycles. The van der Waals surface area contributed by atoms with Crippen LogP contribution in [-0.4, -0.2) is 19.0 Å². The van der Waals surface area contributed by atoms with E-state index in [1.54, 1.807) is 12.1 Å². The number of nitrogens with zero attached hydrogens (tertiary/aromatic N) is 1. The quantitative estimate of drug-likeness (QED) is 0.767. The molecule has 0 fully saturated rings. The lowest BCUT2D eigenvalue weighted by Gasteiger charge is -2.15. The number of rotatable bonds is 3. The maximum absolute atomic E-state index is 11.0. The van der Waals surface area contributed by atoms with Gasteiger partial charge in [-0.1, -0.05) is 30.3 Å². The molecule has 0 saturated carbocycles. The lowest BCUT2D eigenvalue weighted by atomic mass is 10.2. The van der Waals surface area contributed by atoms with E-state index in [0.29, 0.717) is 0 Å². The first-order valence-corrected chi connectivity index (χ1v) is 5.10. The van der Waals surface area contributed by atoms with Gasteiger partial charge in [0, 0.05) is 6.92 Å². The highest BCUT2D eigenvalue weighted by Crippen LogP contribution is 2.05. The summed E-state index contributed by atoms with van der Waals surface area (Å²) < 4.78 is 20.5. The highest BCUT2D eigenvalue weighted by atomic mass is 32.2. The Morgan fingerprint density at radius 2 is 2.00 bits per heavy atom. The molecule has 1 unspecified atom stereocenters. The molecule has 1 rings (SSSR count). The van der Waals surface area contributed by atoms with Crippen molar-refractivity contribution in [2.24, 2.45) is 0 Å². The van der Waals surface area contributed by atoms with Gasteiger partial charge in [-0.25, -0.2) is 8.51 Å². The van der Waals surface area contributed by atoms with Crippen molar-refractivity contribution in [2.75, 3.05) is 0 Å². The van der Waals surface area contributed by atoms with Gasteiger partial charge in [0.15, 0.2) is 0 Å². The molecule has 1 N–H and O–H groups in total. The number of amides is 1. The normalized spacial score (nSPS) is 12.1. The molecular formula is C9H11NO3S. The summed E-state index contributed by atoms with van der Waals surface area (Å²) in [6.07, 6.45) is 0. The molecule has 0 radical (unpaired) electrons. The Hall–Kier alpha value is -1.20. The van der Waals surface area contributed by atoms with Gasteiger partial charge in [0.25, 0.3) is 11.3 Å². The van der Waals surface area contributed by atoms with Gasteiger partial charge in [-0.2, -0.15) is 0 Å². The first-order valence-electron chi connectivity index (χ1n) is 4.04. The molecule has 1 aromatic carbocycles. The number of carbonyl (C=O) groups is 1. The molecule has 1 amide bonds. The van der Waals surface area contributed by atoms with E-state index in [0.717, 1.165) is 9.87 Å². The van der Waals surface area contributed by atoms with Gasteiger partial charge in [0.2, 0.25) is 5.91 Å². The summed E-state index contributed by atoms with van der Waals surface area (Å²) in [6.45, 7) is 1.41. The molecule has 0 aromatic heterocycles. The van der Waals surface area contributed by atoms with Crippen molar-refractivity contribution in [3.8, 4) is 0 Å². The Balaban J connectivity index is 2.75. The second-order valence-corrected chi connectivity index (χ2v) is 3.67. The topological polar surface area (TPSA) is 57.6 Å². The van der Waals surface area contributed by atoms with Crippen LogP contribution in [0.25, 0.3) is 0 Å². The maximum atomic E-state index is 11.0. The zero-order chi connectivity index (χ0) is 10.6. The summed E-state index contributed by atoms with van der Waals surface area (Å²) in [6, 6.07) is 9.06. The first-order chi connectivity index (χ1) is 6.61. The van der Waals surface area contributed by atoms with E-state index in [-0.39, 0.29) is 6.54 Å². The SMILES string of the molecule is CC(=O)N(Cc1ccccc1)S(=O)O. The van der Waals surface area contributed by atoms with Gasteiger partial charge in [-0.3, -0.25) is 9.35 Å². The molecule has 76 valence electrons. The molecule has 0 saturated heterocycles. The van der Waals surface area contributed by atoms with Crippen molar-refractivity contribution >= 4 is 17.2 Å². The molecule has 0 spiro atoms. The predicted molar refractivity (Wildman–Crippen MR) is 53.4 cm³/mol. The van der Waals surface area contributed by atoms with Crippen LogP contribution in [0, 0.1) is 0 Å². The Morgan fingerprint density at radius 3 is 2.43 bits per heavy atom. The van der Waals surface area contributed by atoms with Crippen LogP contribution in [0.4, 0.5) is 0 Å². The van der Waals surface area contributed by atoms with Gasteiger partial charge in [0.05, 0.1) is 6.54 Å². The molecule has 0 aliphatic rings. The van der Waals surface area contributed by atoms with E-state index in [2.05, 4.69) is 0 Å². The Bertz CT molecular complexity index is 325. The molecule has 0 bridgehead atoms. The molecule has 1 atom stereocenters. The molecule has 1 aromatic rings. The largest absolute Gasteiger partial charge is 0.289 e. The number of carbonyl (C=O) groups excluding carboxylic acids is 1. The van der Waals surface area contributed by atoms with Gasteiger partial charge in [-0.15, -0.1) is 0 Å². The monoisotopic (exact) mass is 213 g/mol. The van der Waals surface area contributed by atoms with Crippen LogP contribution in [0.5, 0.6) is 0 Å². The Labute approximate surface area is 85.0 Å². The summed E-state index contributed by atoms with van der Waals surface area (Å²) in [5, 5.41) is 0. The van der Waals surface area contributed by atoms with Crippen LogP contribution in [0.15, 0.2) is 30.3 Å². The predicted octanol–water partition coefficient (Wildman–Crippen LogP) is 1.17. The van der Waals surface area contributed by atoms with E-state index in [9.17, 15) is 9.00 Å². The minimum Gasteiger partial charge on any atom is -0.289 e. The van der Waals surface area contributed by atoms with Gasteiger partial charge in [-0.05, 0) is 5.56 Å². The molecule has 4 nitrogen and oxygen atoms in total. The van der Waals surface area contributed by atoms with E-state index < -0.39 is 17.2 Å². The molecule has 5 heteroatoms. The van der Waals surface area contributed by atoms with Gasteiger partial charge in [0.1, 0.15) is 0 Å². The summed E-state index contributed by atoms with van der Waals surface area (Å²) in [5.74, 6) is -0.422. The third-order valence-electron chi connectivity index (χ3n) is 1.71. The first kappa shape index (κ1) is 10.9. The van der Waals surface area contributed by atoms with Crippen LogP contribution in [0.3, 0.4) is 0 Å². The van der Waals surface area contributed by atoms with Gasteiger partial charge >= 0.3 is 0 Å². The number of hydrogen-bond acceptors (Lipinski definition) is 2. The third-order valence-corrected chi connectivity index (χ3v) is 2.47. The van der Waals surface area contributed by atoms with E-state index in [1.807, 2.05) is 18.2 Å². The van der Waals surface area contributed by atoms with Crippen molar-refractivity contribution in [1.82, 2.24) is 4.31 Å². The number of hydrogen-bond donors (Lipinski definition) is 1. The fraction of sp³-hybridized carbons (Fsp3) is 0.222. The minimum absolute atomic E-state index is 0.152.